The number of aromatic nitrogens is 1. The summed E-state index contributed by atoms with van der Waals surface area (Å²) in [6.45, 7) is 4.73. The molecule has 4 amide bonds. The van der Waals surface area contributed by atoms with Gasteiger partial charge in [-0.2, -0.15) is 0 Å². The Morgan fingerprint density at radius 1 is 0.833 bits per heavy atom. The Kier molecular flexibility index (Phi) is 11.3. The first-order valence-corrected chi connectivity index (χ1v) is 19.1. The largest absolute Gasteiger partial charge is 0.372 e. The van der Waals surface area contributed by atoms with Crippen LogP contribution in [0.5, 0.6) is 0 Å². The van der Waals surface area contributed by atoms with E-state index in [9.17, 15) is 19.2 Å². The molecule has 0 bridgehead atoms. The van der Waals surface area contributed by atoms with Crippen molar-refractivity contribution in [3.05, 3.63) is 113 Å². The average Bonchev–Trinajstić information content (AvgIpc) is 3.21. The number of carbonyl (C=O) groups is 4. The van der Waals surface area contributed by atoms with Crippen LogP contribution >= 0.6 is 0 Å². The van der Waals surface area contributed by atoms with E-state index in [0.717, 1.165) is 57.4 Å². The average molecular weight is 728 g/mol. The van der Waals surface area contributed by atoms with Crippen molar-refractivity contribution in [2.45, 2.75) is 44.6 Å². The lowest BCUT2D eigenvalue weighted by Crippen LogP contribution is -2.50. The summed E-state index contributed by atoms with van der Waals surface area (Å²) in [4.78, 5) is 65.5. The molecule has 11 heteroatoms. The molecule has 11 nitrogen and oxygen atoms in total. The number of nitrogens with zero attached hydrogens (tertiary/aromatic N) is 5. The van der Waals surface area contributed by atoms with Crippen molar-refractivity contribution in [2.24, 2.45) is 0 Å². The maximum absolute atomic E-state index is 13.8. The fraction of sp³-hybridized carbons (Fsp3) is 0.372. The van der Waals surface area contributed by atoms with Gasteiger partial charge in [-0.15, -0.1) is 0 Å². The van der Waals surface area contributed by atoms with Crippen LogP contribution in [0.25, 0.3) is 11.3 Å². The number of aryl methyl sites for hydroxylation is 1. The number of hydrogen-bond donors (Lipinski definition) is 2. The highest BCUT2D eigenvalue weighted by Crippen LogP contribution is 2.34. The molecule has 0 radical (unpaired) electrons. The number of piperazine rings is 1. The van der Waals surface area contributed by atoms with Crippen LogP contribution in [-0.4, -0.2) is 103 Å². The van der Waals surface area contributed by atoms with Gasteiger partial charge in [0.25, 0.3) is 17.7 Å². The number of amides is 4. The van der Waals surface area contributed by atoms with Crippen LogP contribution in [0.15, 0.2) is 85.1 Å². The van der Waals surface area contributed by atoms with Gasteiger partial charge in [0.1, 0.15) is 0 Å². The van der Waals surface area contributed by atoms with Gasteiger partial charge in [-0.05, 0) is 98.2 Å². The summed E-state index contributed by atoms with van der Waals surface area (Å²) >= 11 is 0. The van der Waals surface area contributed by atoms with E-state index in [4.69, 9.17) is 4.98 Å². The molecule has 2 N–H and O–H groups in total. The number of piperidine rings is 1. The Hall–Kier alpha value is -5.55. The molecule has 1 unspecified atom stereocenters. The third kappa shape index (κ3) is 8.47. The molecule has 3 heterocycles. The fourth-order valence-corrected chi connectivity index (χ4v) is 7.67. The predicted octanol–water partition coefficient (Wildman–Crippen LogP) is 5.64. The van der Waals surface area contributed by atoms with Gasteiger partial charge < -0.3 is 25.3 Å². The topological polar surface area (TPSA) is 118 Å². The maximum Gasteiger partial charge on any atom is 0.255 e. The standard InChI is InChI=1S/C43H49N7O4/c1-47-22-24-49(29-40(47)51)25-23-48(2)43(54)33-13-8-12-31(26-33)41(52)46-38-17-16-34(50-20-6-3-7-21-50)28-36(38)39-27-32(18-19-44-39)42(53)45-37-15-9-11-30-10-4-5-14-35(30)37/h4-5,8,10,12-14,16-19,26-28,37H,3,6-7,9,11,15,20-25,29H2,1-2H3,(H,45,53)(H,46,52). The van der Waals surface area contributed by atoms with Crippen LogP contribution in [-0.2, 0) is 11.2 Å². The van der Waals surface area contributed by atoms with E-state index < -0.39 is 0 Å². The molecule has 1 aromatic heterocycles. The number of benzene rings is 3. The van der Waals surface area contributed by atoms with Gasteiger partial charge in [-0.25, -0.2) is 0 Å². The zero-order valence-electron chi connectivity index (χ0n) is 31.2. The van der Waals surface area contributed by atoms with Crippen LogP contribution in [0, 0.1) is 0 Å². The lowest BCUT2D eigenvalue weighted by molar-refractivity contribution is -0.134. The molecule has 0 spiro atoms. The molecule has 3 aliphatic rings. The minimum absolute atomic E-state index is 0.0543. The van der Waals surface area contributed by atoms with Crippen molar-refractivity contribution in [1.82, 2.24) is 25.0 Å². The van der Waals surface area contributed by atoms with E-state index in [2.05, 4.69) is 32.6 Å². The maximum atomic E-state index is 13.8. The number of anilines is 2. The molecule has 54 heavy (non-hydrogen) atoms. The molecular formula is C43H49N7O4. The molecule has 0 saturated carbocycles. The second-order valence-corrected chi connectivity index (χ2v) is 14.7. The Bertz CT molecular complexity index is 2030. The Morgan fingerprint density at radius 3 is 2.46 bits per heavy atom. The van der Waals surface area contributed by atoms with Gasteiger partial charge in [0, 0.05) is 87.5 Å². The highest BCUT2D eigenvalue weighted by molar-refractivity contribution is 6.08. The zero-order valence-corrected chi connectivity index (χ0v) is 31.2. The van der Waals surface area contributed by atoms with Gasteiger partial charge >= 0.3 is 0 Å². The summed E-state index contributed by atoms with van der Waals surface area (Å²) in [6.07, 6.45) is 8.00. The minimum Gasteiger partial charge on any atom is -0.372 e. The lowest BCUT2D eigenvalue weighted by atomic mass is 9.87. The zero-order chi connectivity index (χ0) is 37.6. The first-order chi connectivity index (χ1) is 26.2. The second kappa shape index (κ2) is 16.6. The van der Waals surface area contributed by atoms with Crippen molar-refractivity contribution < 1.29 is 19.2 Å². The van der Waals surface area contributed by atoms with E-state index in [-0.39, 0.29) is 29.7 Å². The van der Waals surface area contributed by atoms with Crippen LogP contribution in [0.3, 0.4) is 0 Å². The molecule has 2 saturated heterocycles. The summed E-state index contributed by atoms with van der Waals surface area (Å²) in [6, 6.07) is 24.5. The van der Waals surface area contributed by atoms with Crippen molar-refractivity contribution in [1.29, 1.82) is 0 Å². The van der Waals surface area contributed by atoms with Gasteiger partial charge in [0.05, 0.1) is 24.0 Å². The number of nitrogens with one attached hydrogen (secondary N) is 2. The summed E-state index contributed by atoms with van der Waals surface area (Å²) in [5.74, 6) is -0.650. The van der Waals surface area contributed by atoms with Gasteiger partial charge in [-0.3, -0.25) is 29.1 Å². The quantitative estimate of drug-likeness (QED) is 0.217. The summed E-state index contributed by atoms with van der Waals surface area (Å²) < 4.78 is 0. The monoisotopic (exact) mass is 727 g/mol. The fourth-order valence-electron chi connectivity index (χ4n) is 7.67. The van der Waals surface area contributed by atoms with E-state index in [1.165, 1.54) is 17.5 Å². The number of hydrogen-bond acceptors (Lipinski definition) is 7. The lowest BCUT2D eigenvalue weighted by Gasteiger charge is -2.32. The SMILES string of the molecule is CN1CCN(CCN(C)C(=O)c2cccc(C(=O)Nc3ccc(N4CCCCC4)cc3-c3cc(C(=O)NC4CCCc5ccccc54)ccn3)c2)CC1=O. The van der Waals surface area contributed by atoms with E-state index in [0.29, 0.717) is 59.8 Å². The summed E-state index contributed by atoms with van der Waals surface area (Å²) in [5.41, 5.74) is 6.58. The predicted molar refractivity (Wildman–Crippen MR) is 211 cm³/mol. The molecule has 7 rings (SSSR count). The van der Waals surface area contributed by atoms with Crippen molar-refractivity contribution in [3.63, 3.8) is 0 Å². The molecular weight excluding hydrogens is 679 g/mol. The Balaban J connectivity index is 1.09. The summed E-state index contributed by atoms with van der Waals surface area (Å²) in [7, 11) is 3.54. The van der Waals surface area contributed by atoms with Crippen LogP contribution in [0.1, 0.15) is 80.3 Å². The van der Waals surface area contributed by atoms with Crippen molar-refractivity contribution in [3.8, 4) is 11.3 Å². The third-order valence-electron chi connectivity index (χ3n) is 11.0. The Labute approximate surface area is 317 Å². The summed E-state index contributed by atoms with van der Waals surface area (Å²) in [5, 5.41) is 6.34. The number of carbonyl (C=O) groups excluding carboxylic acids is 4. The molecule has 280 valence electrons. The van der Waals surface area contributed by atoms with Crippen molar-refractivity contribution in [2.75, 3.05) is 70.1 Å². The van der Waals surface area contributed by atoms with E-state index in [1.54, 1.807) is 66.5 Å². The van der Waals surface area contributed by atoms with Crippen LogP contribution < -0.4 is 15.5 Å². The highest BCUT2D eigenvalue weighted by Gasteiger charge is 2.24. The molecule has 2 fully saturated rings. The highest BCUT2D eigenvalue weighted by atomic mass is 16.2. The van der Waals surface area contributed by atoms with E-state index >= 15 is 0 Å². The van der Waals surface area contributed by atoms with Gasteiger partial charge in [0.15, 0.2) is 0 Å². The third-order valence-corrected chi connectivity index (χ3v) is 11.0. The number of rotatable bonds is 10. The molecule has 1 atom stereocenters. The molecule has 3 aromatic carbocycles. The molecule has 4 aromatic rings. The molecule has 1 aliphatic carbocycles. The number of fused-ring (bicyclic) bond motifs is 1. The van der Waals surface area contributed by atoms with Crippen LogP contribution in [0.4, 0.5) is 11.4 Å². The van der Waals surface area contributed by atoms with E-state index in [1.807, 2.05) is 30.3 Å². The molecule has 2 aliphatic heterocycles. The first-order valence-electron chi connectivity index (χ1n) is 19.1. The minimum atomic E-state index is -0.361. The van der Waals surface area contributed by atoms with Crippen LogP contribution in [0.2, 0.25) is 0 Å². The second-order valence-electron chi connectivity index (χ2n) is 14.7. The first kappa shape index (κ1) is 36.8. The van der Waals surface area contributed by atoms with Gasteiger partial charge in [-0.1, -0.05) is 30.3 Å². The van der Waals surface area contributed by atoms with Gasteiger partial charge in [0.2, 0.25) is 5.91 Å². The number of likely N-dealkylation sites (N-methyl/N-ethyl adjacent to an activating group) is 2. The number of pyridine rings is 1. The normalized spacial score (nSPS) is 17.4. The Morgan fingerprint density at radius 2 is 1.63 bits per heavy atom. The van der Waals surface area contributed by atoms with Crippen molar-refractivity contribution >= 4 is 35.0 Å². The smallest absolute Gasteiger partial charge is 0.255 e.